The summed E-state index contributed by atoms with van der Waals surface area (Å²) < 4.78 is 0. The van der Waals surface area contributed by atoms with E-state index in [1.807, 2.05) is 6.07 Å². The van der Waals surface area contributed by atoms with Gasteiger partial charge in [0.2, 0.25) is 5.91 Å². The van der Waals surface area contributed by atoms with Crippen LogP contribution in [0.25, 0.3) is 0 Å². The second kappa shape index (κ2) is 7.14. The van der Waals surface area contributed by atoms with Gasteiger partial charge in [-0.05, 0) is 17.7 Å². The van der Waals surface area contributed by atoms with Crippen LogP contribution in [0.5, 0.6) is 0 Å². The molecular weight excluding hydrogens is 264 g/mol. The molecule has 0 saturated heterocycles. The molecule has 1 aromatic carbocycles. The lowest BCUT2D eigenvalue weighted by molar-refractivity contribution is -0.124. The molecule has 19 heavy (non-hydrogen) atoms. The number of alkyl halides is 1. The topological polar surface area (TPSA) is 49.4 Å². The summed E-state index contributed by atoms with van der Waals surface area (Å²) in [5.74, 6) is -0.0496. The van der Waals surface area contributed by atoms with E-state index in [0.29, 0.717) is 18.0 Å². The van der Waals surface area contributed by atoms with E-state index in [9.17, 15) is 9.59 Å². The molecule has 104 valence electrons. The van der Waals surface area contributed by atoms with Crippen LogP contribution in [0.15, 0.2) is 24.3 Å². The Hall–Kier alpha value is -1.55. The van der Waals surface area contributed by atoms with Crippen molar-refractivity contribution < 1.29 is 9.59 Å². The predicted octanol–water partition coefficient (Wildman–Crippen LogP) is 1.88. The van der Waals surface area contributed by atoms with Gasteiger partial charge < -0.3 is 10.2 Å². The summed E-state index contributed by atoms with van der Waals surface area (Å²) in [6, 6.07) is 7.20. The minimum absolute atomic E-state index is 0.0749. The first-order chi connectivity index (χ1) is 8.99. The summed E-state index contributed by atoms with van der Waals surface area (Å²) in [6.45, 7) is 2.17. The van der Waals surface area contributed by atoms with Crippen LogP contribution in [-0.2, 0) is 10.7 Å². The second-order valence-corrected chi connectivity index (χ2v) is 4.80. The van der Waals surface area contributed by atoms with Crippen molar-refractivity contribution in [2.75, 3.05) is 20.6 Å². The molecule has 0 spiro atoms. The van der Waals surface area contributed by atoms with Gasteiger partial charge in [-0.3, -0.25) is 9.59 Å². The van der Waals surface area contributed by atoms with Crippen LogP contribution in [0.2, 0.25) is 0 Å². The number of nitrogens with one attached hydrogen (secondary N) is 1. The zero-order chi connectivity index (χ0) is 14.4. The summed E-state index contributed by atoms with van der Waals surface area (Å²) in [5.41, 5.74) is 1.49. The van der Waals surface area contributed by atoms with Crippen molar-refractivity contribution in [2.24, 2.45) is 5.92 Å². The van der Waals surface area contributed by atoms with Crippen molar-refractivity contribution in [3.05, 3.63) is 35.4 Å². The molecule has 5 heteroatoms. The van der Waals surface area contributed by atoms with Crippen LogP contribution in [0, 0.1) is 5.92 Å². The summed E-state index contributed by atoms with van der Waals surface area (Å²) in [5, 5.41) is 2.57. The molecule has 1 unspecified atom stereocenters. The SMILES string of the molecule is CNC(=O)C(C)CN(C)C(=O)c1cccc(CCl)c1. The molecule has 1 atom stereocenters. The first-order valence-corrected chi connectivity index (χ1v) is 6.65. The van der Waals surface area contributed by atoms with Gasteiger partial charge in [0.05, 0.1) is 5.92 Å². The molecule has 0 bridgehead atoms. The van der Waals surface area contributed by atoms with Gasteiger partial charge >= 0.3 is 0 Å². The fourth-order valence-electron chi connectivity index (χ4n) is 1.83. The lowest BCUT2D eigenvalue weighted by atomic mass is 10.1. The molecular formula is C14H19ClN2O2. The van der Waals surface area contributed by atoms with E-state index in [0.717, 1.165) is 5.56 Å². The number of halogens is 1. The maximum atomic E-state index is 12.2. The molecule has 0 aliphatic carbocycles. The Bertz CT molecular complexity index is 463. The smallest absolute Gasteiger partial charge is 0.253 e. The van der Waals surface area contributed by atoms with Crippen molar-refractivity contribution in [3.63, 3.8) is 0 Å². The van der Waals surface area contributed by atoms with E-state index in [1.165, 1.54) is 0 Å². The largest absolute Gasteiger partial charge is 0.359 e. The summed E-state index contributed by atoms with van der Waals surface area (Å²) in [7, 11) is 3.28. The highest BCUT2D eigenvalue weighted by Gasteiger charge is 2.18. The molecule has 0 fully saturated rings. The van der Waals surface area contributed by atoms with Gasteiger partial charge in [-0.1, -0.05) is 19.1 Å². The number of hydrogen-bond donors (Lipinski definition) is 1. The molecule has 2 amide bonds. The van der Waals surface area contributed by atoms with Crippen molar-refractivity contribution in [1.29, 1.82) is 0 Å². The van der Waals surface area contributed by atoms with E-state index < -0.39 is 0 Å². The first kappa shape index (κ1) is 15.5. The zero-order valence-corrected chi connectivity index (χ0v) is 12.2. The van der Waals surface area contributed by atoms with Gasteiger partial charge in [-0.2, -0.15) is 0 Å². The highest BCUT2D eigenvalue weighted by Crippen LogP contribution is 2.11. The van der Waals surface area contributed by atoms with E-state index in [4.69, 9.17) is 11.6 Å². The van der Waals surface area contributed by atoms with Crippen LogP contribution in [0.4, 0.5) is 0 Å². The van der Waals surface area contributed by atoms with E-state index >= 15 is 0 Å². The van der Waals surface area contributed by atoms with Gasteiger partial charge in [0.25, 0.3) is 5.91 Å². The van der Waals surface area contributed by atoms with Crippen LogP contribution in [0.3, 0.4) is 0 Å². The van der Waals surface area contributed by atoms with Crippen molar-refractivity contribution in [1.82, 2.24) is 10.2 Å². The first-order valence-electron chi connectivity index (χ1n) is 6.11. The third-order valence-electron chi connectivity index (χ3n) is 2.92. The van der Waals surface area contributed by atoms with Crippen LogP contribution in [-0.4, -0.2) is 37.4 Å². The standard InChI is InChI=1S/C14H19ClN2O2/c1-10(13(18)16-2)9-17(3)14(19)12-6-4-5-11(7-12)8-15/h4-7,10H,8-9H2,1-3H3,(H,16,18). The minimum atomic E-state index is -0.241. The molecule has 0 heterocycles. The molecule has 0 aromatic heterocycles. The van der Waals surface area contributed by atoms with Crippen molar-refractivity contribution in [3.8, 4) is 0 Å². The van der Waals surface area contributed by atoms with Gasteiger partial charge in [-0.15, -0.1) is 11.6 Å². The molecule has 0 aliphatic rings. The van der Waals surface area contributed by atoms with E-state index in [-0.39, 0.29) is 17.7 Å². The highest BCUT2D eigenvalue weighted by molar-refractivity contribution is 6.17. The van der Waals surface area contributed by atoms with Gasteiger partial charge in [0.15, 0.2) is 0 Å². The number of amides is 2. The molecule has 1 aromatic rings. The predicted molar refractivity (Wildman–Crippen MR) is 76.2 cm³/mol. The quantitative estimate of drug-likeness (QED) is 0.839. The number of hydrogen-bond acceptors (Lipinski definition) is 2. The van der Waals surface area contributed by atoms with Gasteiger partial charge in [0, 0.05) is 32.1 Å². The Balaban J connectivity index is 2.73. The average molecular weight is 283 g/mol. The summed E-state index contributed by atoms with van der Waals surface area (Å²) in [6.07, 6.45) is 0. The van der Waals surface area contributed by atoms with Gasteiger partial charge in [0.1, 0.15) is 0 Å². The number of rotatable bonds is 5. The van der Waals surface area contributed by atoms with E-state index in [1.54, 1.807) is 44.1 Å². The van der Waals surface area contributed by atoms with Crippen LogP contribution >= 0.6 is 11.6 Å². The van der Waals surface area contributed by atoms with Crippen LogP contribution < -0.4 is 5.32 Å². The maximum Gasteiger partial charge on any atom is 0.253 e. The third kappa shape index (κ3) is 4.24. The number of carbonyl (C=O) groups is 2. The Kier molecular flexibility index (Phi) is 5.83. The molecule has 1 N–H and O–H groups in total. The zero-order valence-electron chi connectivity index (χ0n) is 11.4. The molecule has 4 nitrogen and oxygen atoms in total. The maximum absolute atomic E-state index is 12.2. The monoisotopic (exact) mass is 282 g/mol. The molecule has 0 saturated carbocycles. The lowest BCUT2D eigenvalue weighted by Gasteiger charge is -2.21. The Morgan fingerprint density at radius 2 is 2.11 bits per heavy atom. The average Bonchev–Trinajstić information content (AvgIpc) is 2.45. The fourth-order valence-corrected chi connectivity index (χ4v) is 2.00. The highest BCUT2D eigenvalue weighted by atomic mass is 35.5. The molecule has 0 radical (unpaired) electrons. The minimum Gasteiger partial charge on any atom is -0.359 e. The third-order valence-corrected chi connectivity index (χ3v) is 3.23. The molecule has 0 aliphatic heterocycles. The number of nitrogens with zero attached hydrogens (tertiary/aromatic N) is 1. The van der Waals surface area contributed by atoms with E-state index in [2.05, 4.69) is 5.32 Å². The lowest BCUT2D eigenvalue weighted by Crippen LogP contribution is -2.37. The Labute approximate surface area is 118 Å². The Morgan fingerprint density at radius 3 is 2.68 bits per heavy atom. The number of benzene rings is 1. The Morgan fingerprint density at radius 1 is 1.42 bits per heavy atom. The van der Waals surface area contributed by atoms with Crippen molar-refractivity contribution >= 4 is 23.4 Å². The number of carbonyl (C=O) groups excluding carboxylic acids is 2. The van der Waals surface area contributed by atoms with Crippen LogP contribution in [0.1, 0.15) is 22.8 Å². The fraction of sp³-hybridized carbons (Fsp3) is 0.429. The normalized spacial score (nSPS) is 11.8. The van der Waals surface area contributed by atoms with Crippen molar-refractivity contribution in [2.45, 2.75) is 12.8 Å². The second-order valence-electron chi connectivity index (χ2n) is 4.53. The van der Waals surface area contributed by atoms with Gasteiger partial charge in [-0.25, -0.2) is 0 Å². The summed E-state index contributed by atoms with van der Waals surface area (Å²) in [4.78, 5) is 25.2. The molecule has 1 rings (SSSR count). The summed E-state index contributed by atoms with van der Waals surface area (Å²) >= 11 is 5.75.